The molecule has 0 fully saturated rings. The van der Waals surface area contributed by atoms with Crippen LogP contribution in [0.4, 0.5) is 5.82 Å². The number of aromatic nitrogens is 1. The molecule has 126 valence electrons. The molecule has 3 rings (SSSR count). The molecule has 2 N–H and O–H groups in total. The highest BCUT2D eigenvalue weighted by molar-refractivity contribution is 14.1. The Balaban J connectivity index is 1.80. The molecule has 0 radical (unpaired) electrons. The Bertz CT molecular complexity index is 993. The number of nitrogens with zero attached hydrogens (tertiary/aromatic N) is 1. The van der Waals surface area contributed by atoms with Gasteiger partial charge in [-0.1, -0.05) is 40.2 Å². The second kappa shape index (κ2) is 7.76. The summed E-state index contributed by atoms with van der Waals surface area (Å²) in [6.45, 7) is 1.93. The molecule has 0 unspecified atom stereocenters. The Morgan fingerprint density at radius 3 is 2.68 bits per heavy atom. The zero-order chi connectivity index (χ0) is 18.0. The zero-order valence-electron chi connectivity index (χ0n) is 13.1. The summed E-state index contributed by atoms with van der Waals surface area (Å²) >= 11 is 11.0. The van der Waals surface area contributed by atoms with Crippen LogP contribution in [0.5, 0.6) is 0 Å². The van der Waals surface area contributed by atoms with Crippen molar-refractivity contribution < 1.29 is 4.79 Å². The van der Waals surface area contributed by atoms with Gasteiger partial charge >= 0.3 is 0 Å². The van der Waals surface area contributed by atoms with Gasteiger partial charge in [0, 0.05) is 19.8 Å². The van der Waals surface area contributed by atoms with Crippen molar-refractivity contribution in [2.75, 3.05) is 5.32 Å². The highest BCUT2D eigenvalue weighted by atomic mass is 127. The van der Waals surface area contributed by atoms with E-state index in [-0.39, 0.29) is 11.0 Å². The molecule has 0 aliphatic rings. The standard InChI is InChI=1S/C18H13BrIN3OS/c1-10-8-11(20)9-21-16(10)22-18(25)23-17(24)14-6-2-5-13-12(14)4-3-7-15(13)19/h2-9H,1H3,(H2,21,22,23,24,25). The van der Waals surface area contributed by atoms with Crippen LogP contribution in [0.15, 0.2) is 53.1 Å². The van der Waals surface area contributed by atoms with Gasteiger partial charge in [0.05, 0.1) is 0 Å². The number of benzene rings is 2. The van der Waals surface area contributed by atoms with Crippen LogP contribution in [0.1, 0.15) is 15.9 Å². The Hall–Kier alpha value is -1.58. The van der Waals surface area contributed by atoms with Crippen molar-refractivity contribution in [3.05, 3.63) is 67.8 Å². The average Bonchev–Trinajstić information content (AvgIpc) is 2.57. The number of fused-ring (bicyclic) bond motifs is 1. The minimum Gasteiger partial charge on any atom is -0.317 e. The van der Waals surface area contributed by atoms with Gasteiger partial charge in [0.2, 0.25) is 0 Å². The van der Waals surface area contributed by atoms with E-state index in [1.807, 2.05) is 43.3 Å². The van der Waals surface area contributed by atoms with Crippen LogP contribution >= 0.6 is 50.7 Å². The van der Waals surface area contributed by atoms with Gasteiger partial charge in [-0.05, 0) is 76.3 Å². The molecule has 7 heteroatoms. The first kappa shape index (κ1) is 18.2. The molecule has 0 bridgehead atoms. The normalized spacial score (nSPS) is 10.5. The number of rotatable bonds is 2. The van der Waals surface area contributed by atoms with E-state index in [0.717, 1.165) is 24.4 Å². The van der Waals surface area contributed by atoms with Crippen molar-refractivity contribution in [1.29, 1.82) is 0 Å². The molecule has 0 saturated carbocycles. The number of amides is 1. The minimum atomic E-state index is -0.260. The number of carbonyl (C=O) groups excluding carboxylic acids is 1. The van der Waals surface area contributed by atoms with Crippen molar-refractivity contribution in [2.24, 2.45) is 0 Å². The summed E-state index contributed by atoms with van der Waals surface area (Å²) in [7, 11) is 0. The number of nitrogens with one attached hydrogen (secondary N) is 2. The topological polar surface area (TPSA) is 54.0 Å². The number of anilines is 1. The largest absolute Gasteiger partial charge is 0.317 e. The smallest absolute Gasteiger partial charge is 0.258 e. The van der Waals surface area contributed by atoms with Crippen LogP contribution in [-0.2, 0) is 0 Å². The summed E-state index contributed by atoms with van der Waals surface area (Å²) < 4.78 is 1.98. The summed E-state index contributed by atoms with van der Waals surface area (Å²) in [5.41, 5.74) is 1.52. The first-order valence-corrected chi connectivity index (χ1v) is 9.65. The van der Waals surface area contributed by atoms with Gasteiger partial charge in [-0.3, -0.25) is 10.1 Å². The Kier molecular flexibility index (Phi) is 5.65. The fourth-order valence-electron chi connectivity index (χ4n) is 2.45. The monoisotopic (exact) mass is 525 g/mol. The maximum Gasteiger partial charge on any atom is 0.258 e. The van der Waals surface area contributed by atoms with E-state index in [2.05, 4.69) is 54.1 Å². The maximum atomic E-state index is 12.6. The Morgan fingerprint density at radius 2 is 1.92 bits per heavy atom. The summed E-state index contributed by atoms with van der Waals surface area (Å²) in [6.07, 6.45) is 1.74. The molecule has 3 aromatic rings. The fraction of sp³-hybridized carbons (Fsp3) is 0.0556. The lowest BCUT2D eigenvalue weighted by molar-refractivity contribution is 0.0979. The number of thiocarbonyl (C=S) groups is 1. The van der Waals surface area contributed by atoms with Crippen molar-refractivity contribution >= 4 is 78.3 Å². The minimum absolute atomic E-state index is 0.216. The average molecular weight is 526 g/mol. The van der Waals surface area contributed by atoms with Gasteiger partial charge in [-0.15, -0.1) is 0 Å². The van der Waals surface area contributed by atoms with Crippen LogP contribution < -0.4 is 10.6 Å². The lowest BCUT2D eigenvalue weighted by atomic mass is 10.0. The van der Waals surface area contributed by atoms with Gasteiger partial charge in [0.15, 0.2) is 5.11 Å². The van der Waals surface area contributed by atoms with Crippen molar-refractivity contribution in [3.8, 4) is 0 Å². The zero-order valence-corrected chi connectivity index (χ0v) is 17.7. The predicted molar refractivity (Wildman–Crippen MR) is 117 cm³/mol. The van der Waals surface area contributed by atoms with Gasteiger partial charge in [0.25, 0.3) is 5.91 Å². The summed E-state index contributed by atoms with van der Waals surface area (Å²) in [5, 5.41) is 7.75. The summed E-state index contributed by atoms with van der Waals surface area (Å²) in [5.74, 6) is 0.371. The van der Waals surface area contributed by atoms with Crippen LogP contribution in [-0.4, -0.2) is 16.0 Å². The Labute approximate surface area is 172 Å². The third-order valence-electron chi connectivity index (χ3n) is 3.62. The molecule has 25 heavy (non-hydrogen) atoms. The van der Waals surface area contributed by atoms with Crippen molar-refractivity contribution in [3.63, 3.8) is 0 Å². The fourth-order valence-corrected chi connectivity index (χ4v) is 3.74. The summed E-state index contributed by atoms with van der Waals surface area (Å²) in [4.78, 5) is 16.9. The van der Waals surface area contributed by atoms with Crippen LogP contribution in [0.2, 0.25) is 0 Å². The molecule has 2 aromatic carbocycles. The molecular formula is C18H13BrIN3OS. The van der Waals surface area contributed by atoms with E-state index >= 15 is 0 Å². The van der Waals surface area contributed by atoms with Gasteiger partial charge in [0.1, 0.15) is 5.82 Å². The number of carbonyl (C=O) groups is 1. The molecule has 4 nitrogen and oxygen atoms in total. The van der Waals surface area contributed by atoms with Crippen molar-refractivity contribution in [2.45, 2.75) is 6.92 Å². The first-order valence-electron chi connectivity index (χ1n) is 7.37. The first-order chi connectivity index (χ1) is 12.0. The number of hydrogen-bond acceptors (Lipinski definition) is 3. The van der Waals surface area contributed by atoms with Crippen LogP contribution in [0.25, 0.3) is 10.8 Å². The predicted octanol–water partition coefficient (Wildman–Crippen LogP) is 5.04. The number of hydrogen-bond donors (Lipinski definition) is 2. The SMILES string of the molecule is Cc1cc(I)cnc1NC(=S)NC(=O)c1cccc2c(Br)cccc12. The van der Waals surface area contributed by atoms with Gasteiger partial charge < -0.3 is 5.32 Å². The molecule has 0 aliphatic carbocycles. The molecular weight excluding hydrogens is 513 g/mol. The van der Waals surface area contributed by atoms with E-state index in [9.17, 15) is 4.79 Å². The highest BCUT2D eigenvalue weighted by Gasteiger charge is 2.13. The number of halogens is 2. The second-order valence-corrected chi connectivity index (χ2v) is 7.88. The molecule has 1 aromatic heterocycles. The molecule has 1 heterocycles. The van der Waals surface area contributed by atoms with E-state index in [1.54, 1.807) is 12.3 Å². The third kappa shape index (κ3) is 4.16. The summed E-state index contributed by atoms with van der Waals surface area (Å²) in [6, 6.07) is 13.3. The van der Waals surface area contributed by atoms with E-state index in [1.165, 1.54) is 0 Å². The second-order valence-electron chi connectivity index (χ2n) is 5.37. The van der Waals surface area contributed by atoms with Gasteiger partial charge in [-0.2, -0.15) is 0 Å². The quantitative estimate of drug-likeness (QED) is 0.363. The molecule has 0 aliphatic heterocycles. The van der Waals surface area contributed by atoms with Crippen LogP contribution in [0, 0.1) is 10.5 Å². The van der Waals surface area contributed by atoms with Crippen molar-refractivity contribution in [1.82, 2.24) is 10.3 Å². The third-order valence-corrected chi connectivity index (χ3v) is 5.10. The molecule has 0 atom stereocenters. The molecule has 0 saturated heterocycles. The van der Waals surface area contributed by atoms with E-state index in [4.69, 9.17) is 12.2 Å². The van der Waals surface area contributed by atoms with Crippen LogP contribution in [0.3, 0.4) is 0 Å². The van der Waals surface area contributed by atoms with Gasteiger partial charge in [-0.25, -0.2) is 4.98 Å². The lowest BCUT2D eigenvalue weighted by Gasteiger charge is -2.12. The highest BCUT2D eigenvalue weighted by Crippen LogP contribution is 2.26. The molecule has 0 spiro atoms. The lowest BCUT2D eigenvalue weighted by Crippen LogP contribution is -2.34. The van der Waals surface area contributed by atoms with E-state index in [0.29, 0.717) is 11.4 Å². The number of aryl methyl sites for hydroxylation is 1. The number of pyridine rings is 1. The Morgan fingerprint density at radius 1 is 1.20 bits per heavy atom. The van der Waals surface area contributed by atoms with E-state index < -0.39 is 0 Å². The maximum absolute atomic E-state index is 12.6. The molecule has 1 amide bonds.